The van der Waals surface area contributed by atoms with Crippen LogP contribution in [0.15, 0.2) is 38.8 Å². The number of carbonyl (C=O) groups excluding carboxylic acids is 2. The number of nitrogens with zero attached hydrogens (tertiary/aromatic N) is 3. The number of carbonyl (C=O) groups is 2. The average molecular weight is 482 g/mol. The van der Waals surface area contributed by atoms with E-state index in [9.17, 15) is 32.7 Å². The van der Waals surface area contributed by atoms with Gasteiger partial charge >= 0.3 is 11.7 Å². The summed E-state index contributed by atoms with van der Waals surface area (Å²) in [6, 6.07) is 4.18. The van der Waals surface area contributed by atoms with Crippen LogP contribution >= 0.6 is 0 Å². The summed E-state index contributed by atoms with van der Waals surface area (Å²) in [5, 5.41) is 12.3. The third kappa shape index (κ3) is 5.13. The molecular formula is C19H22N4O9S. The Balaban J connectivity index is 1.72. The number of ether oxygens (including phenoxy) is 2. The van der Waals surface area contributed by atoms with E-state index in [0.717, 1.165) is 33.4 Å². The minimum Gasteiger partial charge on any atom is -0.507 e. The Kier molecular flexibility index (Phi) is 7.00. The Morgan fingerprint density at radius 1 is 1.12 bits per heavy atom. The van der Waals surface area contributed by atoms with Gasteiger partial charge in [-0.05, 0) is 18.2 Å². The molecule has 178 valence electrons. The van der Waals surface area contributed by atoms with Crippen molar-refractivity contribution in [2.24, 2.45) is 14.1 Å². The van der Waals surface area contributed by atoms with Crippen LogP contribution in [-0.2, 0) is 38.4 Å². The number of aromatic hydroxyl groups is 1. The van der Waals surface area contributed by atoms with Crippen molar-refractivity contribution in [2.45, 2.75) is 4.90 Å². The van der Waals surface area contributed by atoms with E-state index in [1.54, 1.807) is 0 Å². The molecule has 2 N–H and O–H groups in total. The zero-order chi connectivity index (χ0) is 24.3. The van der Waals surface area contributed by atoms with E-state index >= 15 is 0 Å². The number of rotatable bonds is 6. The van der Waals surface area contributed by atoms with E-state index < -0.39 is 51.1 Å². The highest BCUT2D eigenvalue weighted by atomic mass is 32.2. The van der Waals surface area contributed by atoms with Gasteiger partial charge in [-0.2, -0.15) is 4.31 Å². The third-order valence-electron chi connectivity index (χ3n) is 4.92. The number of hydrogen-bond donors (Lipinski definition) is 2. The van der Waals surface area contributed by atoms with Gasteiger partial charge in [-0.3, -0.25) is 18.7 Å². The van der Waals surface area contributed by atoms with E-state index in [4.69, 9.17) is 9.47 Å². The van der Waals surface area contributed by atoms with Crippen molar-refractivity contribution in [1.82, 2.24) is 13.4 Å². The molecule has 1 aromatic carbocycles. The number of phenols is 1. The van der Waals surface area contributed by atoms with Crippen LogP contribution in [0.5, 0.6) is 5.75 Å². The lowest BCUT2D eigenvalue weighted by Crippen LogP contribution is -2.40. The molecule has 2 aromatic rings. The molecule has 1 aliphatic rings. The molecule has 1 amide bonds. The van der Waals surface area contributed by atoms with Gasteiger partial charge < -0.3 is 19.9 Å². The normalized spacial score (nSPS) is 14.6. The fourth-order valence-corrected chi connectivity index (χ4v) is 4.45. The van der Waals surface area contributed by atoms with Crippen molar-refractivity contribution < 1.29 is 32.6 Å². The molecule has 14 heteroatoms. The van der Waals surface area contributed by atoms with Crippen molar-refractivity contribution in [3.63, 3.8) is 0 Å². The second-order valence-electron chi connectivity index (χ2n) is 7.09. The average Bonchev–Trinajstić information content (AvgIpc) is 2.80. The molecule has 1 aromatic heterocycles. The fourth-order valence-electron chi connectivity index (χ4n) is 3.02. The highest BCUT2D eigenvalue weighted by Gasteiger charge is 2.28. The number of hydrogen-bond acceptors (Lipinski definition) is 9. The maximum absolute atomic E-state index is 12.8. The van der Waals surface area contributed by atoms with Gasteiger partial charge in [0.25, 0.3) is 11.5 Å². The summed E-state index contributed by atoms with van der Waals surface area (Å²) in [7, 11) is -1.32. The Hall–Kier alpha value is -3.49. The van der Waals surface area contributed by atoms with Crippen LogP contribution in [0, 0.1) is 0 Å². The van der Waals surface area contributed by atoms with E-state index in [1.807, 2.05) is 0 Å². The lowest BCUT2D eigenvalue weighted by molar-refractivity contribution is -0.119. The van der Waals surface area contributed by atoms with Crippen LogP contribution in [0.1, 0.15) is 10.4 Å². The highest BCUT2D eigenvalue weighted by Crippen LogP contribution is 2.25. The van der Waals surface area contributed by atoms with Crippen molar-refractivity contribution >= 4 is 27.7 Å². The molecule has 0 spiro atoms. The van der Waals surface area contributed by atoms with Crippen molar-refractivity contribution in [3.8, 4) is 5.75 Å². The number of phenolic OH excluding ortho intramolecular Hbond substituents is 1. The van der Waals surface area contributed by atoms with Gasteiger partial charge in [0.05, 0.1) is 18.1 Å². The number of morpholine rings is 1. The maximum atomic E-state index is 12.8. The van der Waals surface area contributed by atoms with Gasteiger partial charge in [0, 0.05) is 33.3 Å². The first kappa shape index (κ1) is 24.2. The maximum Gasteiger partial charge on any atom is 0.342 e. The SMILES string of the molecule is Cn1c(NC(=O)COC(=O)c2cc(S(=O)(=O)N3CCOCC3)ccc2O)cc(=O)n(C)c1=O. The number of benzene rings is 1. The molecule has 13 nitrogen and oxygen atoms in total. The Labute approximate surface area is 187 Å². The molecule has 0 radical (unpaired) electrons. The number of esters is 1. The Bertz CT molecular complexity index is 1310. The molecule has 2 heterocycles. The molecule has 33 heavy (non-hydrogen) atoms. The summed E-state index contributed by atoms with van der Waals surface area (Å²) in [6.45, 7) is -0.0501. The van der Waals surface area contributed by atoms with Gasteiger partial charge in [0.2, 0.25) is 10.0 Å². The van der Waals surface area contributed by atoms with Crippen LogP contribution in [0.4, 0.5) is 5.82 Å². The van der Waals surface area contributed by atoms with Gasteiger partial charge in [0.1, 0.15) is 17.1 Å². The minimum absolute atomic E-state index is 0.106. The third-order valence-corrected chi connectivity index (χ3v) is 6.82. The molecule has 3 rings (SSSR count). The predicted molar refractivity (Wildman–Crippen MR) is 114 cm³/mol. The second-order valence-corrected chi connectivity index (χ2v) is 9.03. The summed E-state index contributed by atoms with van der Waals surface area (Å²) in [5.74, 6) is -2.64. The lowest BCUT2D eigenvalue weighted by atomic mass is 10.2. The zero-order valence-electron chi connectivity index (χ0n) is 17.8. The van der Waals surface area contributed by atoms with Crippen LogP contribution in [0.2, 0.25) is 0 Å². The number of sulfonamides is 1. The topological polar surface area (TPSA) is 166 Å². The molecule has 1 saturated heterocycles. The first-order valence-electron chi connectivity index (χ1n) is 9.67. The second kappa shape index (κ2) is 9.56. The molecule has 0 bridgehead atoms. The van der Waals surface area contributed by atoms with Gasteiger partial charge in [-0.25, -0.2) is 18.0 Å². The van der Waals surface area contributed by atoms with Crippen LogP contribution < -0.4 is 16.6 Å². The van der Waals surface area contributed by atoms with Crippen LogP contribution in [0.3, 0.4) is 0 Å². The van der Waals surface area contributed by atoms with E-state index in [1.165, 1.54) is 18.4 Å². The van der Waals surface area contributed by atoms with Gasteiger partial charge in [0.15, 0.2) is 6.61 Å². The van der Waals surface area contributed by atoms with Crippen molar-refractivity contribution in [3.05, 3.63) is 50.7 Å². The van der Waals surface area contributed by atoms with E-state index in [0.29, 0.717) is 0 Å². The van der Waals surface area contributed by atoms with Gasteiger partial charge in [-0.15, -0.1) is 0 Å². The lowest BCUT2D eigenvalue weighted by Gasteiger charge is -2.26. The smallest absolute Gasteiger partial charge is 0.342 e. The molecule has 0 aliphatic carbocycles. The molecule has 0 atom stereocenters. The number of anilines is 1. The minimum atomic E-state index is -3.93. The first-order valence-corrected chi connectivity index (χ1v) is 11.1. The summed E-state index contributed by atoms with van der Waals surface area (Å²) < 4.78 is 38.6. The van der Waals surface area contributed by atoms with Crippen molar-refractivity contribution in [2.75, 3.05) is 38.2 Å². The zero-order valence-corrected chi connectivity index (χ0v) is 18.6. The molecule has 1 aliphatic heterocycles. The summed E-state index contributed by atoms with van der Waals surface area (Å²) >= 11 is 0. The highest BCUT2D eigenvalue weighted by molar-refractivity contribution is 7.89. The quantitative estimate of drug-likeness (QED) is 0.471. The standard InChI is InChI=1S/C19H22N4O9S/c1-21-15(10-17(26)22(2)19(21)28)20-16(25)11-32-18(27)13-9-12(3-4-14(13)24)33(29,30)23-5-7-31-8-6-23/h3-4,9-10,24H,5-8,11H2,1-2H3,(H,20,25). The van der Waals surface area contributed by atoms with Gasteiger partial charge in [-0.1, -0.05) is 0 Å². The predicted octanol–water partition coefficient (Wildman–Crippen LogP) is -1.39. The summed E-state index contributed by atoms with van der Waals surface area (Å²) in [5.41, 5.74) is -1.76. The van der Waals surface area contributed by atoms with Crippen LogP contribution in [-0.4, -0.2) is 71.8 Å². The number of amides is 1. The number of nitrogens with one attached hydrogen (secondary N) is 1. The molecule has 1 fully saturated rings. The summed E-state index contributed by atoms with van der Waals surface area (Å²) in [4.78, 5) is 48.0. The van der Waals surface area contributed by atoms with E-state index in [2.05, 4.69) is 5.32 Å². The molecule has 0 unspecified atom stereocenters. The first-order chi connectivity index (χ1) is 15.5. The monoisotopic (exact) mass is 482 g/mol. The van der Waals surface area contributed by atoms with Crippen LogP contribution in [0.25, 0.3) is 0 Å². The molecule has 0 saturated carbocycles. The largest absolute Gasteiger partial charge is 0.507 e. The van der Waals surface area contributed by atoms with E-state index in [-0.39, 0.29) is 37.0 Å². The Morgan fingerprint density at radius 2 is 1.79 bits per heavy atom. The Morgan fingerprint density at radius 3 is 2.45 bits per heavy atom. The fraction of sp³-hybridized carbons (Fsp3) is 0.368. The summed E-state index contributed by atoms with van der Waals surface area (Å²) in [6.07, 6.45) is 0. The van der Waals surface area contributed by atoms with Crippen molar-refractivity contribution in [1.29, 1.82) is 0 Å². The molecular weight excluding hydrogens is 460 g/mol. The number of aromatic nitrogens is 2.